The van der Waals surface area contributed by atoms with Crippen LogP contribution in [0.1, 0.15) is 6.92 Å². The second-order valence-electron chi connectivity index (χ2n) is 2.63. The SMILES string of the molecule is CC(=O)Nc1cc(Cl)c(N)c(Cl)c1Cl. The number of benzene rings is 1. The summed E-state index contributed by atoms with van der Waals surface area (Å²) in [5.41, 5.74) is 6.07. The zero-order valence-electron chi connectivity index (χ0n) is 7.20. The maximum atomic E-state index is 10.8. The van der Waals surface area contributed by atoms with Crippen LogP contribution in [0.2, 0.25) is 15.1 Å². The van der Waals surface area contributed by atoms with Crippen molar-refractivity contribution in [2.45, 2.75) is 6.92 Å². The summed E-state index contributed by atoms with van der Waals surface area (Å²) in [5, 5.41) is 3.07. The third-order valence-electron chi connectivity index (χ3n) is 1.50. The molecule has 0 radical (unpaired) electrons. The fraction of sp³-hybridized carbons (Fsp3) is 0.125. The molecular weight excluding hydrogens is 246 g/mol. The molecule has 0 bridgehead atoms. The molecule has 0 heterocycles. The van der Waals surface area contributed by atoms with Crippen LogP contribution in [0.4, 0.5) is 11.4 Å². The van der Waals surface area contributed by atoms with E-state index < -0.39 is 0 Å². The predicted molar refractivity (Wildman–Crippen MR) is 60.2 cm³/mol. The molecule has 0 spiro atoms. The maximum Gasteiger partial charge on any atom is 0.221 e. The lowest BCUT2D eigenvalue weighted by Crippen LogP contribution is -2.07. The van der Waals surface area contributed by atoms with Gasteiger partial charge in [0.15, 0.2) is 0 Å². The van der Waals surface area contributed by atoms with Gasteiger partial charge in [-0.1, -0.05) is 34.8 Å². The standard InChI is InChI=1S/C8H7Cl3N2O/c1-3(14)13-5-2-4(9)8(12)7(11)6(5)10/h2H,12H2,1H3,(H,13,14). The molecule has 0 aliphatic carbocycles. The molecule has 1 aromatic carbocycles. The molecule has 1 aromatic rings. The Kier molecular flexibility index (Phi) is 3.48. The molecule has 0 aromatic heterocycles. The van der Waals surface area contributed by atoms with Crippen molar-refractivity contribution < 1.29 is 4.79 Å². The van der Waals surface area contributed by atoms with Gasteiger partial charge in [-0.2, -0.15) is 0 Å². The van der Waals surface area contributed by atoms with Crippen molar-refractivity contribution in [1.29, 1.82) is 0 Å². The summed E-state index contributed by atoms with van der Waals surface area (Å²) in [5.74, 6) is -0.260. The number of carbonyl (C=O) groups is 1. The van der Waals surface area contributed by atoms with Crippen molar-refractivity contribution in [2.75, 3.05) is 11.1 Å². The number of amides is 1. The van der Waals surface area contributed by atoms with Gasteiger partial charge in [-0.15, -0.1) is 0 Å². The average molecular weight is 254 g/mol. The van der Waals surface area contributed by atoms with Crippen LogP contribution in [0.25, 0.3) is 0 Å². The molecular formula is C8H7Cl3N2O. The van der Waals surface area contributed by atoms with Crippen molar-refractivity contribution in [1.82, 2.24) is 0 Å². The van der Waals surface area contributed by atoms with E-state index in [1.165, 1.54) is 13.0 Å². The van der Waals surface area contributed by atoms with Gasteiger partial charge in [0.05, 0.1) is 26.4 Å². The van der Waals surface area contributed by atoms with Crippen molar-refractivity contribution in [3.63, 3.8) is 0 Å². The van der Waals surface area contributed by atoms with Crippen LogP contribution in [-0.4, -0.2) is 5.91 Å². The number of halogens is 3. The number of nitrogens with two attached hydrogens (primary N) is 1. The Balaban J connectivity index is 3.25. The fourth-order valence-electron chi connectivity index (χ4n) is 0.890. The fourth-order valence-corrected chi connectivity index (χ4v) is 1.55. The van der Waals surface area contributed by atoms with Crippen molar-refractivity contribution in [3.05, 3.63) is 21.1 Å². The van der Waals surface area contributed by atoms with Gasteiger partial charge < -0.3 is 11.1 Å². The largest absolute Gasteiger partial charge is 0.396 e. The van der Waals surface area contributed by atoms with Crippen LogP contribution in [0.15, 0.2) is 6.07 Å². The Labute approximate surface area is 96.1 Å². The molecule has 0 fully saturated rings. The highest BCUT2D eigenvalue weighted by Gasteiger charge is 2.12. The molecule has 1 rings (SSSR count). The summed E-state index contributed by atoms with van der Waals surface area (Å²) >= 11 is 17.4. The number of hydrogen-bond acceptors (Lipinski definition) is 2. The van der Waals surface area contributed by atoms with E-state index >= 15 is 0 Å². The van der Waals surface area contributed by atoms with Gasteiger partial charge in [0.2, 0.25) is 5.91 Å². The lowest BCUT2D eigenvalue weighted by molar-refractivity contribution is -0.114. The Bertz CT molecular complexity index is 393. The maximum absolute atomic E-state index is 10.8. The molecule has 0 saturated carbocycles. The van der Waals surface area contributed by atoms with E-state index in [4.69, 9.17) is 40.5 Å². The van der Waals surface area contributed by atoms with Gasteiger partial charge >= 0.3 is 0 Å². The molecule has 14 heavy (non-hydrogen) atoms. The molecule has 76 valence electrons. The van der Waals surface area contributed by atoms with E-state index in [0.29, 0.717) is 5.69 Å². The first-order chi connectivity index (χ1) is 6.43. The number of rotatable bonds is 1. The lowest BCUT2D eigenvalue weighted by Gasteiger charge is -2.09. The minimum absolute atomic E-state index is 0.142. The Morgan fingerprint density at radius 2 is 1.93 bits per heavy atom. The van der Waals surface area contributed by atoms with Crippen LogP contribution in [0.5, 0.6) is 0 Å². The summed E-state index contributed by atoms with van der Waals surface area (Å²) in [6.07, 6.45) is 0. The van der Waals surface area contributed by atoms with Crippen LogP contribution in [0.3, 0.4) is 0 Å². The first kappa shape index (κ1) is 11.4. The zero-order chi connectivity index (χ0) is 10.9. The van der Waals surface area contributed by atoms with E-state index in [9.17, 15) is 4.79 Å². The van der Waals surface area contributed by atoms with Crippen LogP contribution >= 0.6 is 34.8 Å². The van der Waals surface area contributed by atoms with Gasteiger partial charge in [-0.05, 0) is 6.07 Å². The number of anilines is 2. The van der Waals surface area contributed by atoms with Gasteiger partial charge in [0.1, 0.15) is 0 Å². The molecule has 3 N–H and O–H groups in total. The lowest BCUT2D eigenvalue weighted by atomic mass is 10.2. The normalized spacial score (nSPS) is 10.0. The monoisotopic (exact) mass is 252 g/mol. The van der Waals surface area contributed by atoms with Gasteiger partial charge in [0, 0.05) is 6.92 Å². The van der Waals surface area contributed by atoms with Crippen molar-refractivity contribution in [2.24, 2.45) is 0 Å². The molecule has 0 aliphatic rings. The first-order valence-electron chi connectivity index (χ1n) is 3.64. The number of hydrogen-bond donors (Lipinski definition) is 2. The summed E-state index contributed by atoms with van der Waals surface area (Å²) in [6, 6.07) is 1.45. The molecule has 3 nitrogen and oxygen atoms in total. The van der Waals surface area contributed by atoms with Gasteiger partial charge in [-0.25, -0.2) is 0 Å². The minimum atomic E-state index is -0.260. The van der Waals surface area contributed by atoms with E-state index in [1.807, 2.05) is 0 Å². The summed E-state index contributed by atoms with van der Waals surface area (Å²) in [6.45, 7) is 1.36. The van der Waals surface area contributed by atoms with E-state index in [2.05, 4.69) is 5.32 Å². The van der Waals surface area contributed by atoms with Crippen LogP contribution in [0, 0.1) is 0 Å². The van der Waals surface area contributed by atoms with Crippen molar-refractivity contribution >= 4 is 52.1 Å². The topological polar surface area (TPSA) is 55.1 Å². The zero-order valence-corrected chi connectivity index (χ0v) is 9.46. The Morgan fingerprint density at radius 3 is 2.43 bits per heavy atom. The van der Waals surface area contributed by atoms with Crippen LogP contribution < -0.4 is 11.1 Å². The Morgan fingerprint density at radius 1 is 1.36 bits per heavy atom. The highest BCUT2D eigenvalue weighted by atomic mass is 35.5. The molecule has 6 heteroatoms. The Hall–Kier alpha value is -0.640. The van der Waals surface area contributed by atoms with E-state index in [0.717, 1.165) is 0 Å². The van der Waals surface area contributed by atoms with Gasteiger partial charge in [-0.3, -0.25) is 4.79 Å². The highest BCUT2D eigenvalue weighted by Crippen LogP contribution is 2.39. The van der Waals surface area contributed by atoms with Crippen LogP contribution in [-0.2, 0) is 4.79 Å². The molecule has 0 aliphatic heterocycles. The summed E-state index contributed by atoms with van der Waals surface area (Å²) in [7, 11) is 0. The molecule has 0 atom stereocenters. The molecule has 0 unspecified atom stereocenters. The number of carbonyl (C=O) groups excluding carboxylic acids is 1. The predicted octanol–water partition coefficient (Wildman–Crippen LogP) is 3.19. The molecule has 1 amide bonds. The minimum Gasteiger partial charge on any atom is -0.396 e. The third kappa shape index (κ3) is 2.23. The second kappa shape index (κ2) is 4.26. The van der Waals surface area contributed by atoms with E-state index in [-0.39, 0.29) is 26.7 Å². The van der Waals surface area contributed by atoms with E-state index in [1.54, 1.807) is 0 Å². The summed E-state index contributed by atoms with van der Waals surface area (Å²) < 4.78 is 0. The summed E-state index contributed by atoms with van der Waals surface area (Å²) in [4.78, 5) is 10.8. The third-order valence-corrected chi connectivity index (χ3v) is 2.70. The molecule has 0 saturated heterocycles. The highest BCUT2D eigenvalue weighted by molar-refractivity contribution is 6.47. The smallest absolute Gasteiger partial charge is 0.221 e. The quantitative estimate of drug-likeness (QED) is 0.596. The number of nitrogen functional groups attached to an aromatic ring is 1. The average Bonchev–Trinajstić information content (AvgIpc) is 2.10. The second-order valence-corrected chi connectivity index (χ2v) is 3.79. The van der Waals surface area contributed by atoms with Crippen molar-refractivity contribution in [3.8, 4) is 0 Å². The number of nitrogens with one attached hydrogen (secondary N) is 1. The van der Waals surface area contributed by atoms with Gasteiger partial charge in [0.25, 0.3) is 0 Å². The first-order valence-corrected chi connectivity index (χ1v) is 4.77.